The first-order chi connectivity index (χ1) is 11.2. The fourth-order valence-corrected chi connectivity index (χ4v) is 5.05. The zero-order chi connectivity index (χ0) is 17.3. The molecule has 4 heteroatoms. The first-order valence-corrected chi connectivity index (χ1v) is 9.41. The highest BCUT2D eigenvalue weighted by Crippen LogP contribution is 2.50. The van der Waals surface area contributed by atoms with Gasteiger partial charge in [0, 0.05) is 0 Å². The van der Waals surface area contributed by atoms with Gasteiger partial charge in [-0.3, -0.25) is 0 Å². The Balaban J connectivity index is 1.66. The third-order valence-corrected chi connectivity index (χ3v) is 5.80. The van der Waals surface area contributed by atoms with Gasteiger partial charge in [-0.15, -0.1) is 0 Å². The van der Waals surface area contributed by atoms with Gasteiger partial charge >= 0.3 is 0 Å². The van der Waals surface area contributed by atoms with E-state index in [4.69, 9.17) is 0 Å². The lowest BCUT2D eigenvalue weighted by Crippen LogP contribution is -2.30. The third kappa shape index (κ3) is 2.42. The molecule has 2 atom stereocenters. The van der Waals surface area contributed by atoms with Crippen molar-refractivity contribution >= 4 is 0 Å². The normalized spacial score (nSPS) is 23.7. The molecule has 0 radical (unpaired) electrons. The molecule has 4 rings (SSSR count). The minimum atomic E-state index is 0.0905. The Bertz CT molecular complexity index is 729. The molecule has 24 heavy (non-hydrogen) atoms. The van der Waals surface area contributed by atoms with E-state index < -0.39 is 0 Å². The number of nitrogens with zero attached hydrogens (tertiary/aromatic N) is 3. The quantitative estimate of drug-likeness (QED) is 0.828. The van der Waals surface area contributed by atoms with Crippen LogP contribution in [0.15, 0.2) is 18.2 Å². The van der Waals surface area contributed by atoms with Crippen LogP contribution in [0.25, 0.3) is 5.69 Å². The van der Waals surface area contributed by atoms with Gasteiger partial charge in [-0.1, -0.05) is 53.5 Å². The first-order valence-electron chi connectivity index (χ1n) is 9.41. The molecule has 1 N–H and O–H groups in total. The van der Waals surface area contributed by atoms with Gasteiger partial charge < -0.3 is 5.11 Å². The predicted octanol–water partition coefficient (Wildman–Crippen LogP) is 5.17. The van der Waals surface area contributed by atoms with Crippen molar-refractivity contribution in [1.82, 2.24) is 14.4 Å². The molecule has 0 saturated heterocycles. The molecule has 1 aromatic heterocycles. The van der Waals surface area contributed by atoms with Crippen LogP contribution in [0.4, 0.5) is 0 Å². The SMILES string of the molecule is CC(C)(C)CC(C)(C)c1ccc(O)c(-n2n3n2C2CCCCC23)c1. The third-order valence-electron chi connectivity index (χ3n) is 5.80. The Morgan fingerprint density at radius 1 is 1.00 bits per heavy atom. The first kappa shape index (κ1) is 15.9. The lowest BCUT2D eigenvalue weighted by atomic mass is 9.72. The molecule has 2 unspecified atom stereocenters. The molecular formula is C20H31N3O. The minimum Gasteiger partial charge on any atom is -0.506 e. The molecule has 1 aromatic carbocycles. The highest BCUT2D eigenvalue weighted by atomic mass is 16.3. The van der Waals surface area contributed by atoms with E-state index in [1.165, 1.54) is 31.2 Å². The standard InChI is InChI=1S/C20H31N3O/c1-19(2,3)13-20(4,5)14-10-11-18(24)17(12-14)23-21-15-8-6-7-9-16(15)22(21)23/h10-12,15-16,24H,6-9,13H2,1-5H3. The summed E-state index contributed by atoms with van der Waals surface area (Å²) >= 11 is 0. The number of phenolic OH excluding ortho intramolecular Hbond substituents is 1. The van der Waals surface area contributed by atoms with E-state index in [1.54, 1.807) is 0 Å². The molecule has 1 saturated carbocycles. The van der Waals surface area contributed by atoms with Gasteiger partial charge in [0.2, 0.25) is 0 Å². The summed E-state index contributed by atoms with van der Waals surface area (Å²) in [5.41, 5.74) is 2.63. The molecule has 2 aliphatic rings. The van der Waals surface area contributed by atoms with Gasteiger partial charge in [-0.25, -0.2) is 0 Å². The van der Waals surface area contributed by atoms with Gasteiger partial charge in [0.05, 0.1) is 12.1 Å². The van der Waals surface area contributed by atoms with Gasteiger partial charge in [0.1, 0.15) is 11.4 Å². The Morgan fingerprint density at radius 3 is 2.12 bits per heavy atom. The molecule has 2 aromatic rings. The molecule has 0 amide bonds. The summed E-state index contributed by atoms with van der Waals surface area (Å²) in [5, 5.41) is 10.4. The monoisotopic (exact) mass is 329 g/mol. The number of aromatic nitrogens is 3. The molecule has 1 fully saturated rings. The Labute approximate surface area is 145 Å². The molecule has 0 spiro atoms. The molecule has 1 aliphatic carbocycles. The second-order valence-electron chi connectivity index (χ2n) is 9.67. The predicted molar refractivity (Wildman–Crippen MR) is 97.1 cm³/mol. The van der Waals surface area contributed by atoms with E-state index in [0.717, 1.165) is 12.1 Å². The summed E-state index contributed by atoms with van der Waals surface area (Å²) < 4.78 is 0. The van der Waals surface area contributed by atoms with Crippen molar-refractivity contribution in [3.8, 4) is 11.4 Å². The number of fused-ring (bicyclic) bond motifs is 4. The lowest BCUT2D eigenvalue weighted by Gasteiger charge is -2.33. The van der Waals surface area contributed by atoms with Crippen molar-refractivity contribution in [2.24, 2.45) is 5.41 Å². The number of hydrogen-bond acceptors (Lipinski definition) is 1. The molecule has 1 aliphatic heterocycles. The van der Waals surface area contributed by atoms with Crippen molar-refractivity contribution < 1.29 is 5.11 Å². The number of hydrogen-bond donors (Lipinski definition) is 1. The average Bonchev–Trinajstić information content (AvgIpc) is 3.11. The highest BCUT2D eigenvalue weighted by molar-refractivity contribution is 5.49. The summed E-state index contributed by atoms with van der Waals surface area (Å²) in [7, 11) is 0. The summed E-state index contributed by atoms with van der Waals surface area (Å²) in [4.78, 5) is 6.87. The zero-order valence-corrected chi connectivity index (χ0v) is 15.7. The van der Waals surface area contributed by atoms with E-state index in [0.29, 0.717) is 17.8 Å². The zero-order valence-electron chi connectivity index (χ0n) is 15.7. The van der Waals surface area contributed by atoms with Crippen LogP contribution in [-0.2, 0) is 5.41 Å². The fraction of sp³-hybridized carbons (Fsp3) is 0.700. The second-order valence-corrected chi connectivity index (χ2v) is 9.67. The molecular weight excluding hydrogens is 298 g/mol. The van der Waals surface area contributed by atoms with Crippen molar-refractivity contribution in [3.05, 3.63) is 23.8 Å². The van der Waals surface area contributed by atoms with E-state index in [9.17, 15) is 5.11 Å². The number of rotatable bonds is 3. The van der Waals surface area contributed by atoms with Crippen molar-refractivity contribution in [2.75, 3.05) is 0 Å². The Morgan fingerprint density at radius 2 is 1.58 bits per heavy atom. The second kappa shape index (κ2) is 4.96. The maximum atomic E-state index is 10.4. The van der Waals surface area contributed by atoms with Crippen LogP contribution in [0.2, 0.25) is 0 Å². The van der Waals surface area contributed by atoms with Crippen LogP contribution in [0.3, 0.4) is 0 Å². The van der Waals surface area contributed by atoms with Crippen LogP contribution in [0.5, 0.6) is 5.75 Å². The van der Waals surface area contributed by atoms with E-state index in [1.807, 2.05) is 6.07 Å². The largest absolute Gasteiger partial charge is 0.506 e. The summed E-state index contributed by atoms with van der Waals surface area (Å²) in [6, 6.07) is 7.48. The van der Waals surface area contributed by atoms with Gasteiger partial charge in [0.15, 0.2) is 0 Å². The van der Waals surface area contributed by atoms with Crippen LogP contribution < -0.4 is 0 Å². The molecule has 0 bridgehead atoms. The van der Waals surface area contributed by atoms with Gasteiger partial charge in [0.25, 0.3) is 0 Å². The fourth-order valence-electron chi connectivity index (χ4n) is 5.05. The summed E-state index contributed by atoms with van der Waals surface area (Å²) in [5.74, 6) is 0.386. The van der Waals surface area contributed by atoms with Crippen LogP contribution in [-0.4, -0.2) is 19.5 Å². The Kier molecular flexibility index (Phi) is 3.29. The van der Waals surface area contributed by atoms with Crippen molar-refractivity contribution in [2.45, 2.75) is 84.2 Å². The van der Waals surface area contributed by atoms with Crippen molar-refractivity contribution in [1.29, 1.82) is 0 Å². The summed E-state index contributed by atoms with van der Waals surface area (Å²) in [6.45, 7) is 11.5. The topological polar surface area (TPSA) is 35.0 Å². The van der Waals surface area contributed by atoms with Crippen molar-refractivity contribution in [3.63, 3.8) is 0 Å². The highest BCUT2D eigenvalue weighted by Gasteiger charge is 2.49. The van der Waals surface area contributed by atoms with Crippen LogP contribution in [0, 0.1) is 5.41 Å². The Hall–Kier alpha value is -1.58. The number of phenols is 1. The smallest absolute Gasteiger partial charge is 0.143 e. The van der Waals surface area contributed by atoms with Crippen LogP contribution >= 0.6 is 0 Å². The van der Waals surface area contributed by atoms with Gasteiger partial charge in [-0.05, 0) is 47.8 Å². The maximum absolute atomic E-state index is 10.4. The van der Waals surface area contributed by atoms with Gasteiger partial charge in [-0.2, -0.15) is 14.4 Å². The summed E-state index contributed by atoms with van der Waals surface area (Å²) in [6.07, 6.45) is 6.36. The van der Waals surface area contributed by atoms with E-state index >= 15 is 0 Å². The number of benzene rings is 1. The van der Waals surface area contributed by atoms with Crippen LogP contribution in [0.1, 0.15) is 84.4 Å². The molecule has 132 valence electrons. The van der Waals surface area contributed by atoms with E-state index in [-0.39, 0.29) is 10.8 Å². The minimum absolute atomic E-state index is 0.0905. The number of aromatic hydroxyl groups is 1. The molecule has 2 heterocycles. The maximum Gasteiger partial charge on any atom is 0.143 e. The molecule has 4 nitrogen and oxygen atoms in total. The average molecular weight is 329 g/mol. The van der Waals surface area contributed by atoms with E-state index in [2.05, 4.69) is 61.1 Å². The lowest BCUT2D eigenvalue weighted by molar-refractivity contribution is 0.153.